The van der Waals surface area contributed by atoms with Gasteiger partial charge >= 0.3 is 0 Å². The van der Waals surface area contributed by atoms with Gasteiger partial charge in [0.05, 0.1) is 9.77 Å². The van der Waals surface area contributed by atoms with E-state index in [9.17, 15) is 8.42 Å². The van der Waals surface area contributed by atoms with Crippen LogP contribution in [0.15, 0.2) is 80.4 Å². The Hall–Kier alpha value is -2.90. The molecule has 0 bridgehead atoms. The molecule has 0 N–H and O–H groups in total. The van der Waals surface area contributed by atoms with Gasteiger partial charge in [-0.1, -0.05) is 48.0 Å². The lowest BCUT2D eigenvalue weighted by Crippen LogP contribution is -2.31. The Morgan fingerprint density at radius 1 is 1.00 bits per heavy atom. The van der Waals surface area contributed by atoms with Crippen LogP contribution in [0.5, 0.6) is 0 Å². The quantitative estimate of drug-likeness (QED) is 0.445. The van der Waals surface area contributed by atoms with E-state index in [1.807, 2.05) is 41.5 Å². The van der Waals surface area contributed by atoms with E-state index in [0.717, 1.165) is 16.9 Å². The van der Waals surface area contributed by atoms with Gasteiger partial charge in [-0.3, -0.25) is 0 Å². The van der Waals surface area contributed by atoms with E-state index in [1.165, 1.54) is 22.5 Å². The van der Waals surface area contributed by atoms with Crippen LogP contribution in [0, 0.1) is 6.92 Å². The van der Waals surface area contributed by atoms with Gasteiger partial charge in [0, 0.05) is 13.1 Å². The first kappa shape index (κ1) is 19.1. The summed E-state index contributed by atoms with van der Waals surface area (Å²) in [5.74, 6) is 0.651. The van der Waals surface area contributed by atoms with E-state index in [2.05, 4.69) is 17.1 Å². The molecule has 7 heteroatoms. The van der Waals surface area contributed by atoms with Crippen molar-refractivity contribution in [1.29, 1.82) is 0 Å². The summed E-state index contributed by atoms with van der Waals surface area (Å²) in [5, 5.41) is 1.90. The van der Waals surface area contributed by atoms with Crippen LogP contribution in [0.3, 0.4) is 0 Å². The molecule has 30 heavy (non-hydrogen) atoms. The van der Waals surface area contributed by atoms with E-state index in [-0.39, 0.29) is 9.92 Å². The largest absolute Gasteiger partial charge is 0.418 e. The molecule has 2 aromatic carbocycles. The van der Waals surface area contributed by atoms with Crippen LogP contribution in [0.4, 0.5) is 5.88 Å². The predicted molar refractivity (Wildman–Crippen MR) is 118 cm³/mol. The van der Waals surface area contributed by atoms with Crippen molar-refractivity contribution in [2.24, 2.45) is 0 Å². The van der Waals surface area contributed by atoms with Gasteiger partial charge in [-0.25, -0.2) is 8.42 Å². The minimum atomic E-state index is -3.83. The molecule has 5 nitrogen and oxygen atoms in total. The molecule has 0 saturated heterocycles. The first-order chi connectivity index (χ1) is 14.5. The van der Waals surface area contributed by atoms with Gasteiger partial charge in [-0.2, -0.15) is 4.98 Å². The van der Waals surface area contributed by atoms with Crippen LogP contribution in [0.25, 0.3) is 10.8 Å². The summed E-state index contributed by atoms with van der Waals surface area (Å²) in [4.78, 5) is 7.47. The number of aryl methyl sites for hydroxylation is 1. The topological polar surface area (TPSA) is 63.4 Å². The molecule has 0 fully saturated rings. The third-order valence-electron chi connectivity index (χ3n) is 5.32. The lowest BCUT2D eigenvalue weighted by atomic mass is 10.0. The maximum atomic E-state index is 13.5. The number of sulfone groups is 1. The van der Waals surface area contributed by atoms with E-state index in [4.69, 9.17) is 4.42 Å². The molecule has 0 amide bonds. The van der Waals surface area contributed by atoms with Gasteiger partial charge in [-0.05, 0) is 48.1 Å². The average molecular weight is 437 g/mol. The summed E-state index contributed by atoms with van der Waals surface area (Å²) in [5.41, 5.74) is 3.47. The van der Waals surface area contributed by atoms with Crippen molar-refractivity contribution >= 4 is 27.1 Å². The zero-order chi connectivity index (χ0) is 20.7. The van der Waals surface area contributed by atoms with Gasteiger partial charge in [-0.15, -0.1) is 11.3 Å². The van der Waals surface area contributed by atoms with Crippen LogP contribution < -0.4 is 4.90 Å². The Kier molecular flexibility index (Phi) is 4.72. The fourth-order valence-electron chi connectivity index (χ4n) is 3.68. The molecule has 5 rings (SSSR count). The van der Waals surface area contributed by atoms with Crippen LogP contribution in [-0.4, -0.2) is 19.9 Å². The number of anilines is 1. The fourth-order valence-corrected chi connectivity index (χ4v) is 5.65. The summed E-state index contributed by atoms with van der Waals surface area (Å²) in [6.45, 7) is 3.19. The summed E-state index contributed by atoms with van der Waals surface area (Å²) in [7, 11) is -3.83. The Balaban J connectivity index is 1.62. The van der Waals surface area contributed by atoms with Gasteiger partial charge < -0.3 is 9.32 Å². The van der Waals surface area contributed by atoms with Crippen molar-refractivity contribution in [3.05, 3.63) is 82.7 Å². The Morgan fingerprint density at radius 2 is 1.77 bits per heavy atom. The third kappa shape index (κ3) is 3.34. The lowest BCUT2D eigenvalue weighted by Gasteiger charge is -2.28. The SMILES string of the molecule is Cc1ccc(S(=O)(=O)c2nc(-c3cccs3)oc2N2CCc3ccccc3C2)cc1. The van der Waals surface area contributed by atoms with Crippen molar-refractivity contribution in [1.82, 2.24) is 4.98 Å². The average Bonchev–Trinajstić information content (AvgIpc) is 3.44. The van der Waals surface area contributed by atoms with E-state index >= 15 is 0 Å². The molecular formula is C23H20N2O3S2. The minimum Gasteiger partial charge on any atom is -0.418 e. The number of hydrogen-bond acceptors (Lipinski definition) is 6. The number of aromatic nitrogens is 1. The molecule has 1 aliphatic heterocycles. The molecule has 0 atom stereocenters. The fraction of sp³-hybridized carbons (Fsp3) is 0.174. The first-order valence-electron chi connectivity index (χ1n) is 9.70. The van der Waals surface area contributed by atoms with Crippen molar-refractivity contribution in [3.63, 3.8) is 0 Å². The number of nitrogens with zero attached hydrogens (tertiary/aromatic N) is 2. The second-order valence-electron chi connectivity index (χ2n) is 7.36. The number of fused-ring (bicyclic) bond motifs is 1. The number of rotatable bonds is 4. The Morgan fingerprint density at radius 3 is 2.50 bits per heavy atom. The first-order valence-corrected chi connectivity index (χ1v) is 12.1. The molecule has 1 aliphatic rings. The highest BCUT2D eigenvalue weighted by Crippen LogP contribution is 2.37. The highest BCUT2D eigenvalue weighted by molar-refractivity contribution is 7.91. The summed E-state index contributed by atoms with van der Waals surface area (Å²) < 4.78 is 33.1. The highest BCUT2D eigenvalue weighted by Gasteiger charge is 2.32. The van der Waals surface area contributed by atoms with Gasteiger partial charge in [0.25, 0.3) is 0 Å². The normalized spacial score (nSPS) is 14.0. The highest BCUT2D eigenvalue weighted by atomic mass is 32.2. The monoisotopic (exact) mass is 436 g/mol. The third-order valence-corrected chi connectivity index (χ3v) is 7.84. The lowest BCUT2D eigenvalue weighted by molar-refractivity contribution is 0.534. The van der Waals surface area contributed by atoms with Crippen LogP contribution in [0.2, 0.25) is 0 Å². The van der Waals surface area contributed by atoms with Crippen LogP contribution in [0.1, 0.15) is 16.7 Å². The second-order valence-corrected chi connectivity index (χ2v) is 10.2. The maximum absolute atomic E-state index is 13.5. The molecule has 3 heterocycles. The molecule has 0 saturated carbocycles. The van der Waals surface area contributed by atoms with Gasteiger partial charge in [0.1, 0.15) is 0 Å². The van der Waals surface area contributed by atoms with E-state index < -0.39 is 9.84 Å². The van der Waals surface area contributed by atoms with E-state index in [1.54, 1.807) is 24.3 Å². The summed E-state index contributed by atoms with van der Waals surface area (Å²) in [6.07, 6.45) is 0.829. The standard InChI is InChI=1S/C23H20N2O3S2/c1-16-8-10-19(11-9-16)30(26,27)22-23(28-21(24-22)20-7-4-14-29-20)25-13-12-17-5-2-3-6-18(17)15-25/h2-11,14H,12-13,15H2,1H3. The van der Waals surface area contributed by atoms with Gasteiger partial charge in [0.15, 0.2) is 0 Å². The molecule has 4 aromatic rings. The number of oxazole rings is 1. The molecule has 2 aromatic heterocycles. The van der Waals surface area contributed by atoms with Crippen molar-refractivity contribution < 1.29 is 12.8 Å². The molecule has 0 radical (unpaired) electrons. The van der Waals surface area contributed by atoms with Gasteiger partial charge in [0.2, 0.25) is 26.6 Å². The Labute approximate surface area is 179 Å². The second kappa shape index (κ2) is 7.41. The molecular weight excluding hydrogens is 416 g/mol. The minimum absolute atomic E-state index is 0.0193. The van der Waals surface area contributed by atoms with Crippen molar-refractivity contribution in [2.75, 3.05) is 11.4 Å². The maximum Gasteiger partial charge on any atom is 0.240 e. The zero-order valence-corrected chi connectivity index (χ0v) is 18.0. The molecule has 0 spiro atoms. The number of thiophene rings is 1. The Bertz CT molecular complexity index is 1290. The predicted octanol–water partition coefficient (Wildman–Crippen LogP) is 5.11. The molecule has 152 valence electrons. The number of hydrogen-bond donors (Lipinski definition) is 0. The zero-order valence-electron chi connectivity index (χ0n) is 16.4. The van der Waals surface area contributed by atoms with E-state index in [0.29, 0.717) is 24.9 Å². The van der Waals surface area contributed by atoms with Crippen molar-refractivity contribution in [2.45, 2.75) is 29.8 Å². The van der Waals surface area contributed by atoms with Crippen LogP contribution >= 0.6 is 11.3 Å². The van der Waals surface area contributed by atoms with Crippen LogP contribution in [-0.2, 0) is 22.8 Å². The summed E-state index contributed by atoms with van der Waals surface area (Å²) in [6, 6.07) is 18.9. The molecule has 0 unspecified atom stereocenters. The smallest absolute Gasteiger partial charge is 0.240 e. The van der Waals surface area contributed by atoms with Crippen molar-refractivity contribution in [3.8, 4) is 10.8 Å². The summed E-state index contributed by atoms with van der Waals surface area (Å²) >= 11 is 1.47. The molecule has 0 aliphatic carbocycles. The number of benzene rings is 2.